The highest BCUT2D eigenvalue weighted by atomic mass is 15.3. The van der Waals surface area contributed by atoms with Crippen molar-refractivity contribution >= 4 is 0 Å². The van der Waals surface area contributed by atoms with Crippen molar-refractivity contribution < 1.29 is 0 Å². The van der Waals surface area contributed by atoms with Gasteiger partial charge in [-0.1, -0.05) is 18.2 Å². The first-order chi connectivity index (χ1) is 8.43. The molecule has 0 spiro atoms. The highest BCUT2D eigenvalue weighted by molar-refractivity contribution is 5.32. The van der Waals surface area contributed by atoms with E-state index in [0.29, 0.717) is 0 Å². The van der Waals surface area contributed by atoms with Gasteiger partial charge in [-0.05, 0) is 31.0 Å². The van der Waals surface area contributed by atoms with Crippen LogP contribution in [0.1, 0.15) is 18.5 Å². The second kappa shape index (κ2) is 4.72. The highest BCUT2D eigenvalue weighted by Crippen LogP contribution is 2.18. The quantitative estimate of drug-likeness (QED) is 0.848. The van der Waals surface area contributed by atoms with E-state index in [9.17, 15) is 0 Å². The van der Waals surface area contributed by atoms with Crippen molar-refractivity contribution in [2.75, 3.05) is 6.54 Å². The van der Waals surface area contributed by atoms with E-state index >= 15 is 0 Å². The molecule has 1 saturated carbocycles. The molecule has 1 aromatic carbocycles. The van der Waals surface area contributed by atoms with Crippen LogP contribution in [0.25, 0.3) is 5.69 Å². The summed E-state index contributed by atoms with van der Waals surface area (Å²) in [5.41, 5.74) is 2.41. The van der Waals surface area contributed by atoms with Gasteiger partial charge >= 0.3 is 0 Å². The molecule has 2 aromatic rings. The minimum absolute atomic E-state index is 0.781. The fraction of sp³-hybridized carbons (Fsp3) is 0.357. The topological polar surface area (TPSA) is 29.9 Å². The Balaban J connectivity index is 1.70. The van der Waals surface area contributed by atoms with Gasteiger partial charge in [0.2, 0.25) is 0 Å². The highest BCUT2D eigenvalue weighted by Gasteiger charge is 2.19. The first-order valence-electron chi connectivity index (χ1n) is 6.25. The lowest BCUT2D eigenvalue weighted by Gasteiger charge is -2.07. The summed E-state index contributed by atoms with van der Waals surface area (Å²) in [6.45, 7) is 1.04. The Morgan fingerprint density at radius 1 is 1.18 bits per heavy atom. The van der Waals surface area contributed by atoms with E-state index in [2.05, 4.69) is 28.6 Å². The van der Waals surface area contributed by atoms with Crippen LogP contribution in [-0.4, -0.2) is 22.4 Å². The molecule has 3 rings (SSSR count). The third-order valence-corrected chi connectivity index (χ3v) is 3.11. The largest absolute Gasteiger partial charge is 0.314 e. The van der Waals surface area contributed by atoms with E-state index in [4.69, 9.17) is 0 Å². The molecule has 3 heteroatoms. The summed E-state index contributed by atoms with van der Waals surface area (Å²) in [7, 11) is 0. The third kappa shape index (κ3) is 2.56. The molecule has 0 amide bonds. The van der Waals surface area contributed by atoms with Gasteiger partial charge in [0.15, 0.2) is 0 Å². The van der Waals surface area contributed by atoms with Crippen LogP contribution in [0.5, 0.6) is 0 Å². The van der Waals surface area contributed by atoms with Gasteiger partial charge in [-0.2, -0.15) is 5.10 Å². The maximum Gasteiger partial charge on any atom is 0.0648 e. The maximum absolute atomic E-state index is 4.39. The molecular formula is C14H17N3. The molecule has 1 aliphatic rings. The van der Waals surface area contributed by atoms with Crippen LogP contribution >= 0.6 is 0 Å². The van der Waals surface area contributed by atoms with E-state index in [1.165, 1.54) is 18.5 Å². The molecule has 0 saturated heterocycles. The number of nitrogens with zero attached hydrogens (tertiary/aromatic N) is 2. The Bertz CT molecular complexity index is 471. The van der Waals surface area contributed by atoms with Gasteiger partial charge in [0.05, 0.1) is 5.69 Å². The SMILES string of the molecule is c1ccc(-n2nccc2CCNC2CC2)cc1. The zero-order chi connectivity index (χ0) is 11.5. The monoisotopic (exact) mass is 227 g/mol. The predicted molar refractivity (Wildman–Crippen MR) is 68.3 cm³/mol. The molecule has 3 nitrogen and oxygen atoms in total. The number of para-hydroxylation sites is 1. The third-order valence-electron chi connectivity index (χ3n) is 3.11. The van der Waals surface area contributed by atoms with Crippen molar-refractivity contribution in [2.24, 2.45) is 0 Å². The Labute approximate surface area is 101 Å². The molecule has 0 bridgehead atoms. The zero-order valence-electron chi connectivity index (χ0n) is 9.84. The first kappa shape index (κ1) is 10.5. The fourth-order valence-corrected chi connectivity index (χ4v) is 2.01. The van der Waals surface area contributed by atoms with Crippen molar-refractivity contribution in [2.45, 2.75) is 25.3 Å². The lowest BCUT2D eigenvalue weighted by Crippen LogP contribution is -2.20. The smallest absolute Gasteiger partial charge is 0.0648 e. The van der Waals surface area contributed by atoms with E-state index < -0.39 is 0 Å². The molecule has 1 heterocycles. The molecule has 88 valence electrons. The van der Waals surface area contributed by atoms with Crippen molar-refractivity contribution in [1.82, 2.24) is 15.1 Å². The Hall–Kier alpha value is -1.61. The number of hydrogen-bond donors (Lipinski definition) is 1. The maximum atomic E-state index is 4.39. The molecule has 0 aliphatic heterocycles. The number of hydrogen-bond acceptors (Lipinski definition) is 2. The lowest BCUT2D eigenvalue weighted by molar-refractivity contribution is 0.661. The summed E-state index contributed by atoms with van der Waals surface area (Å²) < 4.78 is 2.02. The molecule has 1 aromatic heterocycles. The molecule has 1 N–H and O–H groups in total. The summed E-state index contributed by atoms with van der Waals surface area (Å²) in [6.07, 6.45) is 5.60. The average Bonchev–Trinajstić information content (AvgIpc) is 3.07. The van der Waals surface area contributed by atoms with E-state index in [-0.39, 0.29) is 0 Å². The van der Waals surface area contributed by atoms with Crippen LogP contribution in [0.15, 0.2) is 42.6 Å². The number of nitrogens with one attached hydrogen (secondary N) is 1. The van der Waals surface area contributed by atoms with Crippen molar-refractivity contribution in [3.63, 3.8) is 0 Å². The molecule has 1 fully saturated rings. The summed E-state index contributed by atoms with van der Waals surface area (Å²) in [5.74, 6) is 0. The second-order valence-corrected chi connectivity index (χ2v) is 4.55. The van der Waals surface area contributed by atoms with Crippen LogP contribution in [0.3, 0.4) is 0 Å². The Morgan fingerprint density at radius 2 is 2.00 bits per heavy atom. The summed E-state index contributed by atoms with van der Waals surface area (Å²) >= 11 is 0. The van der Waals surface area contributed by atoms with Crippen molar-refractivity contribution in [3.05, 3.63) is 48.3 Å². The minimum atomic E-state index is 0.781. The van der Waals surface area contributed by atoms with E-state index in [0.717, 1.165) is 24.7 Å². The molecule has 17 heavy (non-hydrogen) atoms. The normalized spacial score (nSPS) is 15.1. The average molecular weight is 227 g/mol. The van der Waals surface area contributed by atoms with Gasteiger partial charge in [-0.15, -0.1) is 0 Å². The number of aromatic nitrogens is 2. The van der Waals surface area contributed by atoms with Gasteiger partial charge in [0, 0.05) is 30.9 Å². The first-order valence-corrected chi connectivity index (χ1v) is 6.25. The van der Waals surface area contributed by atoms with Gasteiger partial charge in [0.25, 0.3) is 0 Å². The van der Waals surface area contributed by atoms with Crippen LogP contribution in [0.4, 0.5) is 0 Å². The number of benzene rings is 1. The number of rotatable bonds is 5. The molecule has 0 unspecified atom stereocenters. The Morgan fingerprint density at radius 3 is 2.76 bits per heavy atom. The predicted octanol–water partition coefficient (Wildman–Crippen LogP) is 2.17. The van der Waals surface area contributed by atoms with Crippen LogP contribution in [0, 0.1) is 0 Å². The van der Waals surface area contributed by atoms with E-state index in [1.54, 1.807) is 0 Å². The summed E-state index contributed by atoms with van der Waals surface area (Å²) in [4.78, 5) is 0. The lowest BCUT2D eigenvalue weighted by atomic mass is 10.2. The standard InChI is InChI=1S/C14H17N3/c1-2-4-13(5-3-1)17-14(9-11-16-17)8-10-15-12-6-7-12/h1-5,9,11-12,15H,6-8,10H2. The van der Waals surface area contributed by atoms with Gasteiger partial charge in [0.1, 0.15) is 0 Å². The van der Waals surface area contributed by atoms with Crippen LogP contribution in [0.2, 0.25) is 0 Å². The van der Waals surface area contributed by atoms with Gasteiger partial charge in [-0.3, -0.25) is 0 Å². The van der Waals surface area contributed by atoms with E-state index in [1.807, 2.05) is 29.1 Å². The molecular weight excluding hydrogens is 210 g/mol. The van der Waals surface area contributed by atoms with Gasteiger partial charge < -0.3 is 5.32 Å². The summed E-state index contributed by atoms with van der Waals surface area (Å²) in [5, 5.41) is 7.92. The van der Waals surface area contributed by atoms with Crippen LogP contribution < -0.4 is 5.32 Å². The fourth-order valence-electron chi connectivity index (χ4n) is 2.01. The van der Waals surface area contributed by atoms with Crippen molar-refractivity contribution in [3.8, 4) is 5.69 Å². The Kier molecular flexibility index (Phi) is 2.92. The zero-order valence-corrected chi connectivity index (χ0v) is 9.84. The minimum Gasteiger partial charge on any atom is -0.314 e. The van der Waals surface area contributed by atoms with Crippen LogP contribution in [-0.2, 0) is 6.42 Å². The molecule has 1 aliphatic carbocycles. The summed E-state index contributed by atoms with van der Waals surface area (Å²) in [6, 6.07) is 13.2. The molecule has 0 radical (unpaired) electrons. The second-order valence-electron chi connectivity index (χ2n) is 4.55. The van der Waals surface area contributed by atoms with Crippen molar-refractivity contribution in [1.29, 1.82) is 0 Å². The molecule has 0 atom stereocenters. The van der Waals surface area contributed by atoms with Gasteiger partial charge in [-0.25, -0.2) is 4.68 Å².